The van der Waals surface area contributed by atoms with E-state index in [9.17, 15) is 18.0 Å². The summed E-state index contributed by atoms with van der Waals surface area (Å²) in [5.41, 5.74) is -0.00527. The van der Waals surface area contributed by atoms with Crippen LogP contribution in [0.5, 0.6) is 0 Å². The minimum atomic E-state index is -4.54. The Morgan fingerprint density at radius 3 is 2.67 bits per heavy atom. The average Bonchev–Trinajstić information content (AvgIpc) is 3.18. The standard InChI is InChI=1S/C14H11F3N6O/c15-14(16,17)12-5-6-22(21-12)7-13(24)20-10-3-1-2-4-11(10)23-9-18-8-19-23/h1-6,8-9H,7H2,(H,20,24). The van der Waals surface area contributed by atoms with Crippen molar-refractivity contribution in [2.75, 3.05) is 5.32 Å². The maximum Gasteiger partial charge on any atom is 0.435 e. The summed E-state index contributed by atoms with van der Waals surface area (Å²) in [5.74, 6) is -0.514. The molecule has 0 atom stereocenters. The number of hydrogen-bond acceptors (Lipinski definition) is 4. The molecule has 0 unspecified atom stereocenters. The van der Waals surface area contributed by atoms with Gasteiger partial charge in [-0.25, -0.2) is 9.67 Å². The van der Waals surface area contributed by atoms with Crippen molar-refractivity contribution in [3.63, 3.8) is 0 Å². The number of alkyl halides is 3. The molecule has 0 aliphatic rings. The normalized spacial score (nSPS) is 11.5. The van der Waals surface area contributed by atoms with Crippen LogP contribution in [0.4, 0.5) is 18.9 Å². The predicted octanol–water partition coefficient (Wildman–Crippen LogP) is 2.12. The lowest BCUT2D eigenvalue weighted by atomic mass is 10.2. The zero-order chi connectivity index (χ0) is 17.2. The number of halogens is 3. The van der Waals surface area contributed by atoms with Crippen molar-refractivity contribution in [2.24, 2.45) is 0 Å². The van der Waals surface area contributed by atoms with Crippen molar-refractivity contribution >= 4 is 11.6 Å². The first-order valence-electron chi connectivity index (χ1n) is 6.78. The van der Waals surface area contributed by atoms with Crippen LogP contribution >= 0.6 is 0 Å². The minimum absolute atomic E-state index is 0.345. The summed E-state index contributed by atoms with van der Waals surface area (Å²) in [7, 11) is 0. The van der Waals surface area contributed by atoms with Gasteiger partial charge in [0.15, 0.2) is 5.69 Å². The summed E-state index contributed by atoms with van der Waals surface area (Å²) >= 11 is 0. The van der Waals surface area contributed by atoms with E-state index in [1.165, 1.54) is 17.3 Å². The summed E-state index contributed by atoms with van der Waals surface area (Å²) in [4.78, 5) is 15.9. The van der Waals surface area contributed by atoms with Crippen LogP contribution in [0.1, 0.15) is 5.69 Å². The maximum absolute atomic E-state index is 12.5. The Morgan fingerprint density at radius 1 is 1.21 bits per heavy atom. The molecule has 0 spiro atoms. The molecule has 24 heavy (non-hydrogen) atoms. The van der Waals surface area contributed by atoms with Gasteiger partial charge in [-0.05, 0) is 18.2 Å². The van der Waals surface area contributed by atoms with E-state index in [-0.39, 0.29) is 6.54 Å². The first-order valence-corrected chi connectivity index (χ1v) is 6.78. The second-order valence-electron chi connectivity index (χ2n) is 4.80. The Balaban J connectivity index is 1.73. The van der Waals surface area contributed by atoms with Gasteiger partial charge in [0.25, 0.3) is 0 Å². The van der Waals surface area contributed by atoms with Gasteiger partial charge in [0, 0.05) is 6.20 Å². The molecule has 0 radical (unpaired) electrons. The van der Waals surface area contributed by atoms with E-state index in [1.54, 1.807) is 24.3 Å². The lowest BCUT2D eigenvalue weighted by molar-refractivity contribution is -0.141. The van der Waals surface area contributed by atoms with E-state index in [0.29, 0.717) is 11.4 Å². The zero-order valence-electron chi connectivity index (χ0n) is 12.1. The van der Waals surface area contributed by atoms with Crippen molar-refractivity contribution in [2.45, 2.75) is 12.7 Å². The summed E-state index contributed by atoms with van der Waals surface area (Å²) in [6, 6.07) is 7.66. The predicted molar refractivity (Wildman–Crippen MR) is 77.2 cm³/mol. The van der Waals surface area contributed by atoms with Crippen LogP contribution in [0, 0.1) is 0 Å². The topological polar surface area (TPSA) is 77.6 Å². The third-order valence-corrected chi connectivity index (χ3v) is 3.08. The summed E-state index contributed by atoms with van der Waals surface area (Å²) < 4.78 is 39.9. The molecule has 124 valence electrons. The molecule has 2 heterocycles. The molecular formula is C14H11F3N6O. The van der Waals surface area contributed by atoms with Crippen LogP contribution < -0.4 is 5.32 Å². The molecule has 2 aromatic heterocycles. The summed E-state index contributed by atoms with van der Waals surface area (Å²) in [5, 5.41) is 9.94. The molecule has 0 aliphatic heterocycles. The highest BCUT2D eigenvalue weighted by molar-refractivity contribution is 5.92. The average molecular weight is 336 g/mol. The molecular weight excluding hydrogens is 325 g/mol. The molecule has 7 nitrogen and oxygen atoms in total. The highest BCUT2D eigenvalue weighted by Gasteiger charge is 2.33. The second-order valence-corrected chi connectivity index (χ2v) is 4.80. The quantitative estimate of drug-likeness (QED) is 0.792. The number of rotatable bonds is 4. The summed E-state index contributed by atoms with van der Waals surface area (Å²) in [6.45, 7) is -0.345. The molecule has 0 saturated heterocycles. The van der Waals surface area contributed by atoms with Crippen molar-refractivity contribution in [3.8, 4) is 5.69 Å². The zero-order valence-corrected chi connectivity index (χ0v) is 12.1. The molecule has 0 saturated carbocycles. The van der Waals surface area contributed by atoms with Gasteiger partial charge in [-0.1, -0.05) is 12.1 Å². The number of anilines is 1. The van der Waals surface area contributed by atoms with E-state index >= 15 is 0 Å². The number of hydrogen-bond donors (Lipinski definition) is 1. The Bertz CT molecular complexity index is 840. The van der Waals surface area contributed by atoms with E-state index in [2.05, 4.69) is 20.5 Å². The Hall–Kier alpha value is -3.17. The first kappa shape index (κ1) is 15.7. The van der Waals surface area contributed by atoms with Gasteiger partial charge in [0.05, 0.1) is 11.4 Å². The Morgan fingerprint density at radius 2 is 2.00 bits per heavy atom. The van der Waals surface area contributed by atoms with Crippen molar-refractivity contribution in [3.05, 3.63) is 54.9 Å². The Kier molecular flexibility index (Phi) is 4.02. The fraction of sp³-hybridized carbons (Fsp3) is 0.143. The van der Waals surface area contributed by atoms with E-state index in [4.69, 9.17) is 0 Å². The minimum Gasteiger partial charge on any atom is -0.323 e. The number of para-hydroxylation sites is 2. The molecule has 0 fully saturated rings. The van der Waals surface area contributed by atoms with Crippen LogP contribution in [0.25, 0.3) is 5.69 Å². The van der Waals surface area contributed by atoms with Crippen LogP contribution in [0.3, 0.4) is 0 Å². The van der Waals surface area contributed by atoms with Gasteiger partial charge >= 0.3 is 6.18 Å². The highest BCUT2D eigenvalue weighted by atomic mass is 19.4. The fourth-order valence-corrected chi connectivity index (χ4v) is 2.05. The largest absolute Gasteiger partial charge is 0.435 e. The smallest absolute Gasteiger partial charge is 0.323 e. The molecule has 0 bridgehead atoms. The molecule has 1 N–H and O–H groups in total. The fourth-order valence-electron chi connectivity index (χ4n) is 2.05. The van der Waals surface area contributed by atoms with Crippen LogP contribution in [0.2, 0.25) is 0 Å². The second kappa shape index (κ2) is 6.14. The van der Waals surface area contributed by atoms with E-state index in [0.717, 1.165) is 16.9 Å². The van der Waals surface area contributed by atoms with Gasteiger partial charge in [0.2, 0.25) is 5.91 Å². The van der Waals surface area contributed by atoms with Crippen LogP contribution in [0.15, 0.2) is 49.2 Å². The number of aromatic nitrogens is 5. The molecule has 1 aromatic carbocycles. The third kappa shape index (κ3) is 3.42. The van der Waals surface area contributed by atoms with Crippen LogP contribution in [-0.4, -0.2) is 30.5 Å². The van der Waals surface area contributed by atoms with Gasteiger partial charge < -0.3 is 5.32 Å². The molecule has 3 rings (SSSR count). The van der Waals surface area contributed by atoms with E-state index < -0.39 is 17.8 Å². The van der Waals surface area contributed by atoms with Crippen molar-refractivity contribution < 1.29 is 18.0 Å². The number of benzene rings is 1. The van der Waals surface area contributed by atoms with Gasteiger partial charge in [-0.3, -0.25) is 9.48 Å². The lowest BCUT2D eigenvalue weighted by Gasteiger charge is -2.10. The summed E-state index contributed by atoms with van der Waals surface area (Å²) in [6.07, 6.45) is -0.623. The first-order chi connectivity index (χ1) is 11.4. The SMILES string of the molecule is O=C(Cn1ccc(C(F)(F)F)n1)Nc1ccccc1-n1cncn1. The van der Waals surface area contributed by atoms with Gasteiger partial charge in [-0.15, -0.1) is 0 Å². The molecule has 10 heteroatoms. The number of nitrogens with one attached hydrogen (secondary N) is 1. The van der Waals surface area contributed by atoms with E-state index in [1.807, 2.05) is 0 Å². The number of carbonyl (C=O) groups is 1. The van der Waals surface area contributed by atoms with Crippen LogP contribution in [-0.2, 0) is 17.5 Å². The monoisotopic (exact) mass is 336 g/mol. The van der Waals surface area contributed by atoms with Crippen molar-refractivity contribution in [1.82, 2.24) is 24.5 Å². The van der Waals surface area contributed by atoms with Crippen molar-refractivity contribution in [1.29, 1.82) is 0 Å². The lowest BCUT2D eigenvalue weighted by Crippen LogP contribution is -2.20. The molecule has 3 aromatic rings. The molecule has 1 amide bonds. The number of amides is 1. The number of nitrogens with zero attached hydrogens (tertiary/aromatic N) is 5. The van der Waals surface area contributed by atoms with Gasteiger partial charge in [0.1, 0.15) is 19.2 Å². The third-order valence-electron chi connectivity index (χ3n) is 3.08. The maximum atomic E-state index is 12.5. The van der Waals surface area contributed by atoms with Gasteiger partial charge in [-0.2, -0.15) is 23.4 Å². The number of carbonyl (C=O) groups excluding carboxylic acids is 1. The molecule has 0 aliphatic carbocycles. The Labute approximate surface area is 133 Å². The highest BCUT2D eigenvalue weighted by Crippen LogP contribution is 2.27.